The maximum atomic E-state index is 12.2. The smallest absolute Gasteiger partial charge is 0.303 e. The molecule has 0 radical (unpaired) electrons. The number of amides is 1. The summed E-state index contributed by atoms with van der Waals surface area (Å²) in [6.07, 6.45) is 1.84. The number of unbranched alkanes of at least 4 members (excludes halogenated alkanes) is 1. The van der Waals surface area contributed by atoms with Crippen molar-refractivity contribution >= 4 is 11.9 Å². The Hall–Kier alpha value is -2.18. The van der Waals surface area contributed by atoms with Crippen LogP contribution in [-0.2, 0) is 11.3 Å². The van der Waals surface area contributed by atoms with Gasteiger partial charge in [-0.1, -0.05) is 13.3 Å². The van der Waals surface area contributed by atoms with Crippen molar-refractivity contribution in [2.24, 2.45) is 5.92 Å². The summed E-state index contributed by atoms with van der Waals surface area (Å²) in [4.78, 5) is 36.0. The van der Waals surface area contributed by atoms with Gasteiger partial charge in [-0.3, -0.25) is 14.4 Å². The Morgan fingerprint density at radius 3 is 2.71 bits per heavy atom. The largest absolute Gasteiger partial charge is 0.481 e. The quantitative estimate of drug-likeness (QED) is 0.828. The predicted octanol–water partition coefficient (Wildman–Crippen LogP) is 0.590. The molecule has 7 heteroatoms. The molecule has 21 heavy (non-hydrogen) atoms. The van der Waals surface area contributed by atoms with E-state index < -0.39 is 5.97 Å². The molecule has 0 saturated carbocycles. The number of carboxylic acid groups (broad SMARTS) is 1. The van der Waals surface area contributed by atoms with Crippen LogP contribution in [0, 0.1) is 5.92 Å². The third-order valence-corrected chi connectivity index (χ3v) is 3.52. The number of likely N-dealkylation sites (tertiary alicyclic amines) is 1. The van der Waals surface area contributed by atoms with Crippen LogP contribution in [0.4, 0.5) is 0 Å². The van der Waals surface area contributed by atoms with E-state index in [2.05, 4.69) is 5.10 Å². The molecule has 1 aromatic rings. The van der Waals surface area contributed by atoms with E-state index >= 15 is 0 Å². The first-order valence-corrected chi connectivity index (χ1v) is 7.10. The van der Waals surface area contributed by atoms with Gasteiger partial charge in [0.1, 0.15) is 5.69 Å². The summed E-state index contributed by atoms with van der Waals surface area (Å²) < 4.78 is 1.31. The van der Waals surface area contributed by atoms with Gasteiger partial charge in [-0.25, -0.2) is 4.68 Å². The Balaban J connectivity index is 2.00. The molecule has 0 aliphatic carbocycles. The molecule has 0 spiro atoms. The first kappa shape index (κ1) is 15.2. The highest BCUT2D eigenvalue weighted by Crippen LogP contribution is 2.20. The van der Waals surface area contributed by atoms with E-state index in [0.29, 0.717) is 19.6 Å². The fourth-order valence-corrected chi connectivity index (χ4v) is 2.30. The topological polar surface area (TPSA) is 92.5 Å². The fourth-order valence-electron chi connectivity index (χ4n) is 2.30. The van der Waals surface area contributed by atoms with Crippen molar-refractivity contribution in [1.29, 1.82) is 0 Å². The number of carboxylic acids is 1. The molecule has 0 atom stereocenters. The number of rotatable bonds is 6. The molecule has 0 bridgehead atoms. The van der Waals surface area contributed by atoms with E-state index in [-0.39, 0.29) is 29.5 Å². The highest BCUT2D eigenvalue weighted by molar-refractivity contribution is 5.92. The number of carbonyl (C=O) groups is 2. The van der Waals surface area contributed by atoms with Gasteiger partial charge in [-0.2, -0.15) is 5.10 Å². The lowest BCUT2D eigenvalue weighted by molar-refractivity contribution is -0.139. The van der Waals surface area contributed by atoms with Crippen molar-refractivity contribution in [3.05, 3.63) is 28.2 Å². The highest BCUT2D eigenvalue weighted by atomic mass is 16.4. The Bertz CT molecular complexity index is 590. The third kappa shape index (κ3) is 3.68. The van der Waals surface area contributed by atoms with Gasteiger partial charge in [0.15, 0.2) is 0 Å². The van der Waals surface area contributed by atoms with E-state index in [4.69, 9.17) is 5.11 Å². The molecule has 1 aliphatic rings. The molecule has 0 unspecified atom stereocenters. The van der Waals surface area contributed by atoms with Gasteiger partial charge < -0.3 is 10.0 Å². The Labute approximate surface area is 122 Å². The van der Waals surface area contributed by atoms with E-state index in [1.54, 1.807) is 4.90 Å². The highest BCUT2D eigenvalue weighted by Gasteiger charge is 2.33. The average molecular weight is 293 g/mol. The van der Waals surface area contributed by atoms with Crippen molar-refractivity contribution in [3.8, 4) is 0 Å². The fraction of sp³-hybridized carbons (Fsp3) is 0.571. The first-order chi connectivity index (χ1) is 10.0. The van der Waals surface area contributed by atoms with Crippen LogP contribution in [0.3, 0.4) is 0 Å². The molecule has 1 N–H and O–H groups in total. The molecule has 0 aromatic carbocycles. The van der Waals surface area contributed by atoms with Crippen LogP contribution in [-0.4, -0.2) is 44.8 Å². The minimum Gasteiger partial charge on any atom is -0.481 e. The zero-order chi connectivity index (χ0) is 15.4. The summed E-state index contributed by atoms with van der Waals surface area (Å²) in [5.74, 6) is -1.09. The Kier molecular flexibility index (Phi) is 4.72. The van der Waals surface area contributed by atoms with Gasteiger partial charge in [0.05, 0.1) is 6.42 Å². The summed E-state index contributed by atoms with van der Waals surface area (Å²) in [5.41, 5.74) is 0.0202. The van der Waals surface area contributed by atoms with Crippen LogP contribution < -0.4 is 5.56 Å². The van der Waals surface area contributed by atoms with Crippen molar-refractivity contribution in [1.82, 2.24) is 14.7 Å². The van der Waals surface area contributed by atoms with Crippen LogP contribution in [0.5, 0.6) is 0 Å². The number of carbonyl (C=O) groups excluding carboxylic acids is 1. The molecule has 1 aliphatic heterocycles. The second-order valence-corrected chi connectivity index (χ2v) is 5.31. The number of nitrogens with zero attached hydrogens (tertiary/aromatic N) is 3. The zero-order valence-electron chi connectivity index (χ0n) is 12.0. The molecule has 7 nitrogen and oxygen atoms in total. The van der Waals surface area contributed by atoms with Crippen LogP contribution in [0.2, 0.25) is 0 Å². The SMILES string of the molecule is CCCCn1nc(C(=O)N2CC(CC(=O)O)C2)ccc1=O. The maximum absolute atomic E-state index is 12.2. The molecular formula is C14H19N3O4. The Morgan fingerprint density at radius 1 is 1.38 bits per heavy atom. The normalized spacial score (nSPS) is 14.8. The second-order valence-electron chi connectivity index (χ2n) is 5.31. The molecule has 1 fully saturated rings. The summed E-state index contributed by atoms with van der Waals surface area (Å²) >= 11 is 0. The number of aliphatic carboxylic acids is 1. The van der Waals surface area contributed by atoms with Crippen molar-refractivity contribution in [2.75, 3.05) is 13.1 Å². The lowest BCUT2D eigenvalue weighted by Crippen LogP contribution is -2.51. The van der Waals surface area contributed by atoms with Crippen LogP contribution >= 0.6 is 0 Å². The monoisotopic (exact) mass is 293 g/mol. The van der Waals surface area contributed by atoms with E-state index in [1.807, 2.05) is 6.92 Å². The number of hydrogen-bond donors (Lipinski definition) is 1. The van der Waals surface area contributed by atoms with E-state index in [1.165, 1.54) is 16.8 Å². The van der Waals surface area contributed by atoms with E-state index in [0.717, 1.165) is 12.8 Å². The lowest BCUT2D eigenvalue weighted by atomic mass is 9.96. The summed E-state index contributed by atoms with van der Waals surface area (Å²) in [6, 6.07) is 2.78. The van der Waals surface area contributed by atoms with Gasteiger partial charge >= 0.3 is 5.97 Å². The Morgan fingerprint density at radius 2 is 2.10 bits per heavy atom. The maximum Gasteiger partial charge on any atom is 0.303 e. The molecular weight excluding hydrogens is 274 g/mol. The third-order valence-electron chi connectivity index (χ3n) is 3.52. The van der Waals surface area contributed by atoms with E-state index in [9.17, 15) is 14.4 Å². The number of aryl methyl sites for hydroxylation is 1. The van der Waals surface area contributed by atoms with Crippen molar-refractivity contribution in [3.63, 3.8) is 0 Å². The molecule has 1 amide bonds. The van der Waals surface area contributed by atoms with Gasteiger partial charge in [0, 0.05) is 31.6 Å². The molecule has 1 saturated heterocycles. The molecule has 2 rings (SSSR count). The van der Waals surface area contributed by atoms with Crippen LogP contribution in [0.25, 0.3) is 0 Å². The van der Waals surface area contributed by atoms with Crippen LogP contribution in [0.15, 0.2) is 16.9 Å². The standard InChI is InChI=1S/C14H19N3O4/c1-2-3-6-17-12(18)5-4-11(15-17)14(21)16-8-10(9-16)7-13(19)20/h4-5,10H,2-3,6-9H2,1H3,(H,19,20). The lowest BCUT2D eigenvalue weighted by Gasteiger charge is -2.38. The first-order valence-electron chi connectivity index (χ1n) is 7.10. The molecule has 1 aromatic heterocycles. The van der Waals surface area contributed by atoms with Crippen molar-refractivity contribution < 1.29 is 14.7 Å². The second kappa shape index (κ2) is 6.51. The summed E-state index contributed by atoms with van der Waals surface area (Å²) in [6.45, 7) is 3.38. The minimum atomic E-state index is -0.849. The summed E-state index contributed by atoms with van der Waals surface area (Å²) in [7, 11) is 0. The zero-order valence-corrected chi connectivity index (χ0v) is 12.0. The van der Waals surface area contributed by atoms with Crippen LogP contribution in [0.1, 0.15) is 36.7 Å². The average Bonchev–Trinajstić information content (AvgIpc) is 2.40. The van der Waals surface area contributed by atoms with Crippen molar-refractivity contribution in [2.45, 2.75) is 32.7 Å². The number of aromatic nitrogens is 2. The van der Waals surface area contributed by atoms with Gasteiger partial charge in [-0.15, -0.1) is 0 Å². The van der Waals surface area contributed by atoms with Gasteiger partial charge in [-0.05, 0) is 12.5 Å². The molecule has 114 valence electrons. The van der Waals surface area contributed by atoms with Gasteiger partial charge in [0.25, 0.3) is 11.5 Å². The summed E-state index contributed by atoms with van der Waals surface area (Å²) in [5, 5.41) is 12.8. The molecule has 2 heterocycles. The van der Waals surface area contributed by atoms with Gasteiger partial charge in [0.2, 0.25) is 0 Å². The number of hydrogen-bond acceptors (Lipinski definition) is 4. The predicted molar refractivity (Wildman–Crippen MR) is 75.1 cm³/mol. The minimum absolute atomic E-state index is 0.0115.